The summed E-state index contributed by atoms with van der Waals surface area (Å²) in [5, 5.41) is 10.9. The SMILES string of the molecule is O=C(CSc1nnc(-c2ccc(F)cc2)o1)NC[C@H]1COc2ccccc2O1. The molecule has 28 heavy (non-hydrogen) atoms. The van der Waals surface area contributed by atoms with Crippen LogP contribution in [0.2, 0.25) is 0 Å². The molecule has 0 unspecified atom stereocenters. The van der Waals surface area contributed by atoms with Crippen LogP contribution < -0.4 is 14.8 Å². The fourth-order valence-electron chi connectivity index (χ4n) is 2.55. The molecule has 0 saturated carbocycles. The minimum atomic E-state index is -0.342. The lowest BCUT2D eigenvalue weighted by molar-refractivity contribution is -0.119. The molecule has 2 aromatic carbocycles. The monoisotopic (exact) mass is 401 g/mol. The van der Waals surface area contributed by atoms with E-state index in [4.69, 9.17) is 13.9 Å². The smallest absolute Gasteiger partial charge is 0.277 e. The van der Waals surface area contributed by atoms with Gasteiger partial charge in [0.25, 0.3) is 5.22 Å². The summed E-state index contributed by atoms with van der Waals surface area (Å²) in [4.78, 5) is 12.1. The topological polar surface area (TPSA) is 86.5 Å². The van der Waals surface area contributed by atoms with E-state index in [-0.39, 0.29) is 34.7 Å². The fraction of sp³-hybridized carbons (Fsp3) is 0.211. The molecule has 2 heterocycles. The summed E-state index contributed by atoms with van der Waals surface area (Å²) in [6.07, 6.45) is -0.252. The highest BCUT2D eigenvalue weighted by Gasteiger charge is 2.21. The lowest BCUT2D eigenvalue weighted by Gasteiger charge is -2.26. The summed E-state index contributed by atoms with van der Waals surface area (Å²) in [5.41, 5.74) is 0.611. The second-order valence-corrected chi connectivity index (χ2v) is 6.90. The van der Waals surface area contributed by atoms with Crippen molar-refractivity contribution < 1.29 is 23.1 Å². The molecule has 0 radical (unpaired) electrons. The minimum Gasteiger partial charge on any atom is -0.486 e. The predicted molar refractivity (Wildman–Crippen MR) is 99.8 cm³/mol. The number of amides is 1. The van der Waals surface area contributed by atoms with Crippen LogP contribution >= 0.6 is 11.8 Å². The molecule has 1 N–H and O–H groups in total. The summed E-state index contributed by atoms with van der Waals surface area (Å²) in [7, 11) is 0. The molecule has 9 heteroatoms. The van der Waals surface area contributed by atoms with Gasteiger partial charge in [0.05, 0.1) is 12.3 Å². The van der Waals surface area contributed by atoms with E-state index in [1.807, 2.05) is 24.3 Å². The number of ether oxygens (including phenoxy) is 2. The molecule has 0 aliphatic carbocycles. The Balaban J connectivity index is 1.24. The first-order chi connectivity index (χ1) is 13.7. The van der Waals surface area contributed by atoms with Crippen LogP contribution in [0, 0.1) is 5.82 Å². The molecule has 1 aromatic heterocycles. The van der Waals surface area contributed by atoms with Crippen molar-refractivity contribution in [2.75, 3.05) is 18.9 Å². The second kappa shape index (κ2) is 8.30. The molecule has 0 spiro atoms. The van der Waals surface area contributed by atoms with E-state index in [0.29, 0.717) is 30.2 Å². The van der Waals surface area contributed by atoms with E-state index in [1.54, 1.807) is 12.1 Å². The number of halogens is 1. The number of carbonyl (C=O) groups is 1. The Labute approximate surface area is 164 Å². The van der Waals surface area contributed by atoms with E-state index in [9.17, 15) is 9.18 Å². The molecule has 144 valence electrons. The van der Waals surface area contributed by atoms with Crippen LogP contribution in [0.15, 0.2) is 58.2 Å². The first-order valence-corrected chi connectivity index (χ1v) is 9.53. The quantitative estimate of drug-likeness (QED) is 0.636. The third-order valence-electron chi connectivity index (χ3n) is 3.92. The van der Waals surface area contributed by atoms with E-state index < -0.39 is 0 Å². The molecule has 7 nitrogen and oxygen atoms in total. The van der Waals surface area contributed by atoms with Gasteiger partial charge in [-0.3, -0.25) is 4.79 Å². The molecular weight excluding hydrogens is 385 g/mol. The van der Waals surface area contributed by atoms with Crippen molar-refractivity contribution >= 4 is 17.7 Å². The number of rotatable bonds is 6. The molecule has 1 amide bonds. The van der Waals surface area contributed by atoms with Crippen molar-refractivity contribution in [1.29, 1.82) is 0 Å². The van der Waals surface area contributed by atoms with Crippen LogP contribution in [-0.2, 0) is 4.79 Å². The number of fused-ring (bicyclic) bond motifs is 1. The Bertz CT molecular complexity index is 964. The maximum absolute atomic E-state index is 13.0. The standard InChI is InChI=1S/C19H16FN3O4S/c20-13-7-5-12(6-8-13)18-22-23-19(27-18)28-11-17(24)21-9-14-10-25-15-3-1-2-4-16(15)26-14/h1-8,14H,9-11H2,(H,21,24)/t14-/m0/s1. The number of nitrogens with zero attached hydrogens (tertiary/aromatic N) is 2. The van der Waals surface area contributed by atoms with Crippen molar-refractivity contribution in [3.05, 3.63) is 54.3 Å². The van der Waals surface area contributed by atoms with Gasteiger partial charge >= 0.3 is 0 Å². The molecule has 1 aliphatic heterocycles. The Kier molecular flexibility index (Phi) is 5.43. The molecule has 0 fully saturated rings. The second-order valence-electron chi connectivity index (χ2n) is 5.97. The zero-order valence-corrected chi connectivity index (χ0v) is 15.4. The summed E-state index contributed by atoms with van der Waals surface area (Å²) < 4.78 is 29.9. The first-order valence-electron chi connectivity index (χ1n) is 8.55. The van der Waals surface area contributed by atoms with Crippen molar-refractivity contribution in [2.45, 2.75) is 11.3 Å². The Morgan fingerprint density at radius 2 is 1.93 bits per heavy atom. The zero-order chi connectivity index (χ0) is 19.3. The van der Waals surface area contributed by atoms with Crippen LogP contribution in [0.25, 0.3) is 11.5 Å². The van der Waals surface area contributed by atoms with Gasteiger partial charge in [0.1, 0.15) is 18.5 Å². The van der Waals surface area contributed by atoms with Crippen LogP contribution in [0.4, 0.5) is 4.39 Å². The van der Waals surface area contributed by atoms with E-state index in [0.717, 1.165) is 11.8 Å². The lowest BCUT2D eigenvalue weighted by Crippen LogP contribution is -2.41. The highest BCUT2D eigenvalue weighted by atomic mass is 32.2. The van der Waals surface area contributed by atoms with Crippen molar-refractivity contribution in [1.82, 2.24) is 15.5 Å². The van der Waals surface area contributed by atoms with Crippen molar-refractivity contribution in [2.24, 2.45) is 0 Å². The van der Waals surface area contributed by atoms with Crippen LogP contribution in [-0.4, -0.2) is 41.1 Å². The van der Waals surface area contributed by atoms with E-state index in [2.05, 4.69) is 15.5 Å². The Morgan fingerprint density at radius 1 is 1.14 bits per heavy atom. The predicted octanol–water partition coefficient (Wildman–Crippen LogP) is 2.92. The third kappa shape index (κ3) is 4.42. The minimum absolute atomic E-state index is 0.120. The van der Waals surface area contributed by atoms with Gasteiger partial charge in [0, 0.05) is 5.56 Å². The Hall–Kier alpha value is -3.07. The number of aromatic nitrogens is 2. The first kappa shape index (κ1) is 18.3. The highest BCUT2D eigenvalue weighted by Crippen LogP contribution is 2.30. The summed E-state index contributed by atoms with van der Waals surface area (Å²) >= 11 is 1.12. The molecule has 1 atom stereocenters. The average molecular weight is 401 g/mol. The lowest BCUT2D eigenvalue weighted by atomic mass is 10.2. The summed E-state index contributed by atoms with van der Waals surface area (Å²) in [5.74, 6) is 1.24. The Morgan fingerprint density at radius 3 is 2.75 bits per heavy atom. The number of thioether (sulfide) groups is 1. The largest absolute Gasteiger partial charge is 0.486 e. The summed E-state index contributed by atoms with van der Waals surface area (Å²) in [6, 6.07) is 13.1. The molecule has 3 aromatic rings. The number of carbonyl (C=O) groups excluding carboxylic acids is 1. The molecule has 0 saturated heterocycles. The third-order valence-corrected chi connectivity index (χ3v) is 4.74. The number of para-hydroxylation sites is 2. The normalized spacial score (nSPS) is 15.2. The average Bonchev–Trinajstić information content (AvgIpc) is 3.20. The number of benzene rings is 2. The number of nitrogens with one attached hydrogen (secondary N) is 1. The molecule has 4 rings (SSSR count). The maximum atomic E-state index is 13.0. The van der Waals surface area contributed by atoms with Crippen molar-refractivity contribution in [3.63, 3.8) is 0 Å². The maximum Gasteiger partial charge on any atom is 0.277 e. The number of hydrogen-bond acceptors (Lipinski definition) is 7. The van der Waals surface area contributed by atoms with Gasteiger partial charge in [-0.15, -0.1) is 10.2 Å². The fourth-order valence-corrected chi connectivity index (χ4v) is 3.14. The van der Waals surface area contributed by atoms with Gasteiger partial charge in [0.15, 0.2) is 11.5 Å². The summed E-state index contributed by atoms with van der Waals surface area (Å²) in [6.45, 7) is 0.702. The highest BCUT2D eigenvalue weighted by molar-refractivity contribution is 7.99. The van der Waals surface area contributed by atoms with Gasteiger partial charge in [-0.25, -0.2) is 4.39 Å². The molecule has 0 bridgehead atoms. The van der Waals surface area contributed by atoms with Gasteiger partial charge < -0.3 is 19.2 Å². The number of hydrogen-bond donors (Lipinski definition) is 1. The van der Waals surface area contributed by atoms with Gasteiger partial charge in [-0.2, -0.15) is 0 Å². The zero-order valence-electron chi connectivity index (χ0n) is 14.6. The van der Waals surface area contributed by atoms with Crippen LogP contribution in [0.3, 0.4) is 0 Å². The van der Waals surface area contributed by atoms with Gasteiger partial charge in [-0.1, -0.05) is 23.9 Å². The van der Waals surface area contributed by atoms with E-state index >= 15 is 0 Å². The molecular formula is C19H16FN3O4S. The molecule has 1 aliphatic rings. The van der Waals surface area contributed by atoms with Crippen LogP contribution in [0.1, 0.15) is 0 Å². The van der Waals surface area contributed by atoms with Gasteiger partial charge in [-0.05, 0) is 36.4 Å². The van der Waals surface area contributed by atoms with Crippen molar-refractivity contribution in [3.8, 4) is 23.0 Å². The van der Waals surface area contributed by atoms with Gasteiger partial charge in [0.2, 0.25) is 11.8 Å². The van der Waals surface area contributed by atoms with E-state index in [1.165, 1.54) is 12.1 Å². The van der Waals surface area contributed by atoms with Crippen LogP contribution in [0.5, 0.6) is 11.5 Å².